The van der Waals surface area contributed by atoms with Crippen LogP contribution in [0.4, 0.5) is 0 Å². The van der Waals surface area contributed by atoms with Crippen molar-refractivity contribution >= 4 is 39.2 Å². The number of rotatable bonds is 3. The summed E-state index contributed by atoms with van der Waals surface area (Å²) >= 11 is 10.1. The van der Waals surface area contributed by atoms with Crippen LogP contribution in [0.25, 0.3) is 11.6 Å². The van der Waals surface area contributed by atoms with E-state index >= 15 is 0 Å². The number of imidazole rings is 1. The van der Waals surface area contributed by atoms with Gasteiger partial charge in [-0.3, -0.25) is 9.88 Å². The van der Waals surface area contributed by atoms with Crippen molar-refractivity contribution in [2.75, 3.05) is 26.2 Å². The van der Waals surface area contributed by atoms with Gasteiger partial charge in [0.2, 0.25) is 0 Å². The Morgan fingerprint density at radius 2 is 2.00 bits per heavy atom. The second-order valence-electron chi connectivity index (χ2n) is 8.57. The van der Waals surface area contributed by atoms with Crippen LogP contribution in [0.5, 0.6) is 0 Å². The van der Waals surface area contributed by atoms with Crippen molar-refractivity contribution in [3.8, 4) is 0 Å². The summed E-state index contributed by atoms with van der Waals surface area (Å²) in [5.74, 6) is 0. The predicted octanol–water partition coefficient (Wildman–Crippen LogP) is 3.99. The van der Waals surface area contributed by atoms with Gasteiger partial charge in [-0.05, 0) is 69.4 Å². The predicted molar refractivity (Wildman–Crippen MR) is 130 cm³/mol. The highest BCUT2D eigenvalue weighted by molar-refractivity contribution is 9.10. The van der Waals surface area contributed by atoms with Crippen molar-refractivity contribution < 1.29 is 5.11 Å². The Bertz CT molecular complexity index is 1200. The van der Waals surface area contributed by atoms with Gasteiger partial charge in [-0.2, -0.15) is 0 Å². The quantitative estimate of drug-likeness (QED) is 0.553. The molecule has 0 radical (unpaired) electrons. The van der Waals surface area contributed by atoms with Crippen LogP contribution in [0.2, 0.25) is 5.02 Å². The normalized spacial score (nSPS) is 20.7. The van der Waals surface area contributed by atoms with Crippen LogP contribution >= 0.6 is 27.5 Å². The van der Waals surface area contributed by atoms with Crippen LogP contribution in [0.3, 0.4) is 0 Å². The van der Waals surface area contributed by atoms with Crippen LogP contribution in [0.15, 0.2) is 47.5 Å². The lowest BCUT2D eigenvalue weighted by Crippen LogP contribution is -2.45. The van der Waals surface area contributed by atoms with Crippen LogP contribution < -0.4 is 5.32 Å². The number of piperazine rings is 1. The number of aliphatic hydroxyl groups is 1. The van der Waals surface area contributed by atoms with Gasteiger partial charge in [0.05, 0.1) is 30.0 Å². The molecule has 1 aliphatic carbocycles. The lowest BCUT2D eigenvalue weighted by atomic mass is 9.84. The lowest BCUT2D eigenvalue weighted by molar-refractivity contribution is 0.114. The number of aromatic nitrogens is 3. The third kappa shape index (κ3) is 3.72. The highest BCUT2D eigenvalue weighted by Gasteiger charge is 2.38. The first-order chi connectivity index (χ1) is 15.4. The number of hydrogen-bond acceptors (Lipinski definition) is 5. The Kier molecular flexibility index (Phi) is 5.72. The van der Waals surface area contributed by atoms with Crippen molar-refractivity contribution in [1.82, 2.24) is 24.8 Å². The zero-order chi connectivity index (χ0) is 22.5. The van der Waals surface area contributed by atoms with E-state index in [2.05, 4.69) is 49.3 Å². The first kappa shape index (κ1) is 21.8. The fourth-order valence-corrected chi connectivity index (χ4v) is 5.39. The summed E-state index contributed by atoms with van der Waals surface area (Å²) in [6, 6.07) is 8.00. The Balaban J connectivity index is 1.79. The monoisotopic (exact) mass is 513 g/mol. The van der Waals surface area contributed by atoms with Crippen molar-refractivity contribution in [2.45, 2.75) is 18.6 Å². The molecular weight excluding hydrogens is 490 g/mol. The van der Waals surface area contributed by atoms with Gasteiger partial charge in [0.15, 0.2) is 0 Å². The average Bonchev–Trinajstić information content (AvgIpc) is 3.16. The van der Waals surface area contributed by atoms with Crippen LogP contribution in [-0.2, 0) is 12.6 Å². The smallest absolute Gasteiger partial charge is 0.129 e. The summed E-state index contributed by atoms with van der Waals surface area (Å²) in [5.41, 5.74) is 4.18. The fourth-order valence-electron chi connectivity index (χ4n) is 4.87. The van der Waals surface area contributed by atoms with Gasteiger partial charge in [0.25, 0.3) is 0 Å². The number of halogens is 2. The van der Waals surface area contributed by atoms with Gasteiger partial charge in [-0.15, -0.1) is 0 Å². The zero-order valence-corrected chi connectivity index (χ0v) is 20.4. The van der Waals surface area contributed by atoms with E-state index in [0.29, 0.717) is 10.7 Å². The number of nitrogens with zero attached hydrogens (tertiary/aromatic N) is 4. The van der Waals surface area contributed by atoms with Crippen molar-refractivity contribution in [3.05, 3.63) is 80.6 Å². The molecule has 6 nitrogen and oxygen atoms in total. The molecule has 2 N–H and O–H groups in total. The van der Waals surface area contributed by atoms with Crippen molar-refractivity contribution in [3.63, 3.8) is 0 Å². The molecule has 3 aromatic rings. The van der Waals surface area contributed by atoms with Gasteiger partial charge >= 0.3 is 0 Å². The van der Waals surface area contributed by atoms with Gasteiger partial charge in [-0.1, -0.05) is 17.7 Å². The van der Waals surface area contributed by atoms with E-state index in [4.69, 9.17) is 16.6 Å². The molecule has 3 heterocycles. The van der Waals surface area contributed by atoms with Gasteiger partial charge in [-0.25, -0.2) is 4.98 Å². The molecule has 1 fully saturated rings. The van der Waals surface area contributed by atoms with Crippen LogP contribution in [0.1, 0.15) is 41.0 Å². The molecule has 5 rings (SSSR count). The molecule has 2 aliphatic rings. The standard InChI is InChI=1S/C24H25BrClN5O/c1-24(32,21-13-28-14-30(21)2)20-10-15-9-16(25)12-29-22(15)23(31-7-5-27-6-8-31)18-4-3-17(26)11-19(18)20/h3-4,9-14,23,27,32H,5-8H2,1-2H3/t23-,24?/m1/s1. The summed E-state index contributed by atoms with van der Waals surface area (Å²) in [7, 11) is 1.89. The molecule has 0 saturated carbocycles. The first-order valence-electron chi connectivity index (χ1n) is 10.7. The van der Waals surface area contributed by atoms with Crippen LogP contribution in [-0.4, -0.2) is 50.7 Å². The SMILES string of the molecule is Cn1cncc1C(C)(O)C1=Cc2cc(Br)cnc2[C@H](N2CCNCC2)c2ccc(Cl)cc21. The molecule has 1 aliphatic heterocycles. The summed E-state index contributed by atoms with van der Waals surface area (Å²) in [4.78, 5) is 11.6. The summed E-state index contributed by atoms with van der Waals surface area (Å²) in [5, 5.41) is 16.0. The zero-order valence-electron chi connectivity index (χ0n) is 18.0. The van der Waals surface area contributed by atoms with Gasteiger partial charge in [0.1, 0.15) is 5.60 Å². The minimum absolute atomic E-state index is 0.0384. The summed E-state index contributed by atoms with van der Waals surface area (Å²) < 4.78 is 2.75. The molecule has 1 unspecified atom stereocenters. The first-order valence-corrected chi connectivity index (χ1v) is 11.8. The molecule has 0 bridgehead atoms. The molecule has 0 spiro atoms. The number of hydrogen-bond donors (Lipinski definition) is 2. The number of aryl methyl sites for hydroxylation is 1. The Morgan fingerprint density at radius 1 is 1.22 bits per heavy atom. The number of pyridine rings is 1. The van der Waals surface area contributed by atoms with E-state index < -0.39 is 5.60 Å². The Hall–Kier alpha value is -2.03. The van der Waals surface area contributed by atoms with E-state index in [1.807, 2.05) is 36.9 Å². The van der Waals surface area contributed by atoms with E-state index in [1.54, 1.807) is 12.5 Å². The van der Waals surface area contributed by atoms with Crippen molar-refractivity contribution in [2.24, 2.45) is 7.05 Å². The van der Waals surface area contributed by atoms with E-state index in [9.17, 15) is 5.11 Å². The number of nitrogens with one attached hydrogen (secondary N) is 1. The van der Waals surface area contributed by atoms with Crippen LogP contribution in [0, 0.1) is 0 Å². The molecule has 2 atom stereocenters. The minimum atomic E-state index is -1.29. The van der Waals surface area contributed by atoms with E-state index in [-0.39, 0.29) is 6.04 Å². The minimum Gasteiger partial charge on any atom is -0.379 e. The molecular formula is C24H25BrClN5O. The van der Waals surface area contributed by atoms with Gasteiger partial charge < -0.3 is 15.0 Å². The molecule has 166 valence electrons. The molecule has 2 aromatic heterocycles. The second kappa shape index (κ2) is 8.39. The maximum atomic E-state index is 11.9. The largest absolute Gasteiger partial charge is 0.379 e. The third-order valence-electron chi connectivity index (χ3n) is 6.43. The summed E-state index contributed by atoms with van der Waals surface area (Å²) in [6.07, 6.45) is 7.32. The second-order valence-corrected chi connectivity index (χ2v) is 9.92. The summed E-state index contributed by atoms with van der Waals surface area (Å²) in [6.45, 7) is 5.50. The van der Waals surface area contributed by atoms with Crippen molar-refractivity contribution in [1.29, 1.82) is 0 Å². The molecule has 8 heteroatoms. The maximum Gasteiger partial charge on any atom is 0.129 e. The molecule has 1 saturated heterocycles. The topological polar surface area (TPSA) is 66.2 Å². The lowest BCUT2D eigenvalue weighted by Gasteiger charge is -2.36. The highest BCUT2D eigenvalue weighted by Crippen LogP contribution is 2.46. The maximum absolute atomic E-state index is 11.9. The Labute approximate surface area is 201 Å². The van der Waals surface area contributed by atoms with E-state index in [1.165, 1.54) is 0 Å². The fraction of sp³-hybridized carbons (Fsp3) is 0.333. The third-order valence-corrected chi connectivity index (χ3v) is 7.10. The van der Waals surface area contributed by atoms with E-state index in [0.717, 1.165) is 58.6 Å². The molecule has 0 amide bonds. The molecule has 1 aromatic carbocycles. The highest BCUT2D eigenvalue weighted by atomic mass is 79.9. The molecule has 32 heavy (non-hydrogen) atoms. The Morgan fingerprint density at radius 3 is 2.72 bits per heavy atom. The number of benzene rings is 1. The number of fused-ring (bicyclic) bond motifs is 2. The average molecular weight is 515 g/mol. The van der Waals surface area contributed by atoms with Gasteiger partial charge in [0, 0.05) is 48.9 Å².